The number of aromatic nitrogens is 1. The molecule has 5 nitrogen and oxygen atoms in total. The highest BCUT2D eigenvalue weighted by Gasteiger charge is 2.36. The molecule has 1 aromatic heterocycles. The monoisotopic (exact) mass is 355 g/mol. The Morgan fingerprint density at radius 2 is 1.69 bits per heavy atom. The van der Waals surface area contributed by atoms with Crippen molar-refractivity contribution in [2.24, 2.45) is 0 Å². The first-order chi connectivity index (χ1) is 12.3. The Hall–Kier alpha value is -2.69. The number of carbonyl (C=O) groups excluding carboxylic acids is 2. The number of rotatable bonds is 6. The summed E-state index contributed by atoms with van der Waals surface area (Å²) in [4.78, 5) is 29.2. The van der Waals surface area contributed by atoms with Crippen LogP contribution in [-0.4, -0.2) is 29.6 Å². The Kier molecular flexibility index (Phi) is 6.50. The van der Waals surface area contributed by atoms with E-state index in [-0.39, 0.29) is 18.4 Å². The van der Waals surface area contributed by atoms with Gasteiger partial charge in [0.2, 0.25) is 0 Å². The van der Waals surface area contributed by atoms with E-state index in [4.69, 9.17) is 9.47 Å². The lowest BCUT2D eigenvalue weighted by molar-refractivity contribution is -0.157. The maximum atomic E-state index is 13.0. The molecule has 0 N–H and O–H groups in total. The topological polar surface area (TPSA) is 65.5 Å². The molecule has 0 aliphatic carbocycles. The van der Waals surface area contributed by atoms with E-state index in [0.717, 1.165) is 5.56 Å². The van der Waals surface area contributed by atoms with Crippen LogP contribution in [0.2, 0.25) is 0 Å². The van der Waals surface area contributed by atoms with E-state index >= 15 is 0 Å². The molecule has 0 radical (unpaired) electrons. The molecule has 138 valence electrons. The van der Waals surface area contributed by atoms with Crippen LogP contribution in [0.15, 0.2) is 54.9 Å². The van der Waals surface area contributed by atoms with Gasteiger partial charge in [-0.25, -0.2) is 0 Å². The molecule has 0 aliphatic heterocycles. The summed E-state index contributed by atoms with van der Waals surface area (Å²) < 4.78 is 10.5. The summed E-state index contributed by atoms with van der Waals surface area (Å²) in [5, 5.41) is 0. The van der Waals surface area contributed by atoms with E-state index in [0.29, 0.717) is 5.56 Å². The Labute approximate surface area is 154 Å². The van der Waals surface area contributed by atoms with Gasteiger partial charge in [0.15, 0.2) is 0 Å². The summed E-state index contributed by atoms with van der Waals surface area (Å²) in [5.41, 5.74) is 0.946. The standard InChI is InChI=1S/C21H25NO4/c1-21(2,3)26-20(24)19(16-11-8-12-22-14-16)17(13-18(23)25-4)15-9-6-5-7-10-15/h5-12,14,17,19H,13H2,1-4H3. The van der Waals surface area contributed by atoms with E-state index in [1.807, 2.05) is 57.2 Å². The molecular weight excluding hydrogens is 330 g/mol. The molecule has 0 bridgehead atoms. The normalized spacial score (nSPS) is 13.5. The Balaban J connectivity index is 2.50. The van der Waals surface area contributed by atoms with Crippen LogP contribution in [0, 0.1) is 0 Å². The fourth-order valence-electron chi connectivity index (χ4n) is 2.85. The van der Waals surface area contributed by atoms with Crippen molar-refractivity contribution in [1.82, 2.24) is 4.98 Å². The fraction of sp³-hybridized carbons (Fsp3) is 0.381. The minimum Gasteiger partial charge on any atom is -0.469 e. The summed E-state index contributed by atoms with van der Waals surface area (Å²) in [6.07, 6.45) is 3.36. The minimum absolute atomic E-state index is 0.0688. The third-order valence-corrected chi connectivity index (χ3v) is 3.95. The van der Waals surface area contributed by atoms with Crippen LogP contribution < -0.4 is 0 Å². The zero-order valence-electron chi connectivity index (χ0n) is 15.6. The molecule has 0 saturated carbocycles. The van der Waals surface area contributed by atoms with Gasteiger partial charge in [0.25, 0.3) is 0 Å². The first-order valence-corrected chi connectivity index (χ1v) is 8.56. The molecule has 26 heavy (non-hydrogen) atoms. The number of carbonyl (C=O) groups is 2. The molecule has 1 heterocycles. The van der Waals surface area contributed by atoms with Crippen LogP contribution in [0.5, 0.6) is 0 Å². The van der Waals surface area contributed by atoms with Crippen molar-refractivity contribution in [1.29, 1.82) is 0 Å². The summed E-state index contributed by atoms with van der Waals surface area (Å²) in [6.45, 7) is 5.47. The molecule has 0 saturated heterocycles. The van der Waals surface area contributed by atoms with Crippen LogP contribution in [0.3, 0.4) is 0 Å². The molecule has 1 aromatic carbocycles. The van der Waals surface area contributed by atoms with Gasteiger partial charge in [-0.2, -0.15) is 0 Å². The molecule has 0 amide bonds. The zero-order valence-corrected chi connectivity index (χ0v) is 15.6. The van der Waals surface area contributed by atoms with E-state index in [2.05, 4.69) is 4.98 Å². The zero-order chi connectivity index (χ0) is 19.2. The van der Waals surface area contributed by atoms with Gasteiger partial charge >= 0.3 is 11.9 Å². The van der Waals surface area contributed by atoms with Crippen LogP contribution >= 0.6 is 0 Å². The van der Waals surface area contributed by atoms with Gasteiger partial charge in [-0.3, -0.25) is 14.6 Å². The smallest absolute Gasteiger partial charge is 0.314 e. The number of hydrogen-bond donors (Lipinski definition) is 0. The van der Waals surface area contributed by atoms with Crippen LogP contribution in [0.4, 0.5) is 0 Å². The molecule has 0 aliphatic rings. The summed E-state index contributed by atoms with van der Waals surface area (Å²) >= 11 is 0. The highest BCUT2D eigenvalue weighted by molar-refractivity contribution is 5.81. The second-order valence-electron chi connectivity index (χ2n) is 7.09. The van der Waals surface area contributed by atoms with Crippen molar-refractivity contribution in [2.45, 2.75) is 44.6 Å². The van der Waals surface area contributed by atoms with Crippen molar-refractivity contribution in [3.63, 3.8) is 0 Å². The Bertz CT molecular complexity index is 723. The number of benzene rings is 1. The molecule has 0 spiro atoms. The lowest BCUT2D eigenvalue weighted by Crippen LogP contribution is -2.31. The van der Waals surface area contributed by atoms with Crippen LogP contribution in [0.1, 0.15) is 50.2 Å². The number of methoxy groups -OCH3 is 1. The Morgan fingerprint density at radius 1 is 1.04 bits per heavy atom. The largest absolute Gasteiger partial charge is 0.469 e. The third-order valence-electron chi connectivity index (χ3n) is 3.95. The quantitative estimate of drug-likeness (QED) is 0.736. The number of esters is 2. The first kappa shape index (κ1) is 19.6. The highest BCUT2D eigenvalue weighted by Crippen LogP contribution is 2.37. The maximum absolute atomic E-state index is 13.0. The predicted octanol–water partition coefficient (Wildman–Crippen LogP) is 3.85. The lowest BCUT2D eigenvalue weighted by atomic mass is 9.79. The van der Waals surface area contributed by atoms with Gasteiger partial charge in [-0.1, -0.05) is 36.4 Å². The van der Waals surface area contributed by atoms with Gasteiger partial charge in [-0.15, -0.1) is 0 Å². The van der Waals surface area contributed by atoms with E-state index < -0.39 is 17.4 Å². The minimum atomic E-state index is -0.663. The average molecular weight is 355 g/mol. The predicted molar refractivity (Wildman–Crippen MR) is 98.6 cm³/mol. The molecule has 2 rings (SSSR count). The van der Waals surface area contributed by atoms with Crippen molar-refractivity contribution in [2.75, 3.05) is 7.11 Å². The highest BCUT2D eigenvalue weighted by atomic mass is 16.6. The Morgan fingerprint density at radius 3 is 2.23 bits per heavy atom. The average Bonchev–Trinajstić information content (AvgIpc) is 2.61. The lowest BCUT2D eigenvalue weighted by Gasteiger charge is -2.29. The van der Waals surface area contributed by atoms with Crippen molar-refractivity contribution >= 4 is 11.9 Å². The summed E-state index contributed by atoms with van der Waals surface area (Å²) in [7, 11) is 1.34. The first-order valence-electron chi connectivity index (χ1n) is 8.56. The van der Waals surface area contributed by atoms with Gasteiger partial charge in [0, 0.05) is 18.3 Å². The number of ether oxygens (including phenoxy) is 2. The maximum Gasteiger partial charge on any atom is 0.314 e. The van der Waals surface area contributed by atoms with E-state index in [1.165, 1.54) is 7.11 Å². The molecule has 2 aromatic rings. The summed E-state index contributed by atoms with van der Waals surface area (Å²) in [6, 6.07) is 13.1. The van der Waals surface area contributed by atoms with Crippen molar-refractivity contribution < 1.29 is 19.1 Å². The molecule has 5 heteroatoms. The fourth-order valence-corrected chi connectivity index (χ4v) is 2.85. The van der Waals surface area contributed by atoms with Crippen LogP contribution in [0.25, 0.3) is 0 Å². The van der Waals surface area contributed by atoms with Gasteiger partial charge in [0.05, 0.1) is 19.4 Å². The molecule has 0 fully saturated rings. The number of nitrogens with zero attached hydrogens (tertiary/aromatic N) is 1. The second kappa shape index (κ2) is 8.61. The van der Waals surface area contributed by atoms with Gasteiger partial charge in [0.1, 0.15) is 5.60 Å². The molecular formula is C21H25NO4. The molecule has 2 unspecified atom stereocenters. The van der Waals surface area contributed by atoms with Gasteiger partial charge in [-0.05, 0) is 38.0 Å². The number of hydrogen-bond acceptors (Lipinski definition) is 5. The SMILES string of the molecule is COC(=O)CC(c1ccccc1)C(C(=O)OC(C)(C)C)c1cccnc1. The second-order valence-corrected chi connectivity index (χ2v) is 7.09. The van der Waals surface area contributed by atoms with E-state index in [9.17, 15) is 9.59 Å². The molecule has 2 atom stereocenters. The summed E-state index contributed by atoms with van der Waals surface area (Å²) in [5.74, 6) is -1.84. The number of pyridine rings is 1. The van der Waals surface area contributed by atoms with Crippen molar-refractivity contribution in [3.8, 4) is 0 Å². The van der Waals surface area contributed by atoms with E-state index in [1.54, 1.807) is 18.5 Å². The third kappa shape index (κ3) is 5.41. The van der Waals surface area contributed by atoms with Gasteiger partial charge < -0.3 is 9.47 Å². The van der Waals surface area contributed by atoms with Crippen molar-refractivity contribution in [3.05, 3.63) is 66.0 Å². The van der Waals surface area contributed by atoms with Crippen LogP contribution in [-0.2, 0) is 19.1 Å².